The third-order valence-corrected chi connectivity index (χ3v) is 8.98. The number of benzene rings is 4. The third kappa shape index (κ3) is 7.22. The number of fused-ring (bicyclic) bond motifs is 3. The van der Waals surface area contributed by atoms with Gasteiger partial charge in [-0.3, -0.25) is 4.79 Å². The topological polar surface area (TPSA) is 38.8 Å². The zero-order chi connectivity index (χ0) is 32.0. The van der Waals surface area contributed by atoms with Crippen LogP contribution in [0.4, 0.5) is 13.2 Å². The maximum Gasteiger partial charge on any atom is 0.406 e. The van der Waals surface area contributed by atoms with Crippen molar-refractivity contribution < 1.29 is 27.4 Å². The third-order valence-electron chi connectivity index (χ3n) is 8.42. The normalized spacial score (nSPS) is 13.2. The van der Waals surface area contributed by atoms with Gasteiger partial charge in [0.05, 0.1) is 7.11 Å². The van der Waals surface area contributed by atoms with Gasteiger partial charge in [0.1, 0.15) is 30.1 Å². The van der Waals surface area contributed by atoms with E-state index in [1.165, 1.54) is 7.11 Å². The molecule has 1 amide bonds. The summed E-state index contributed by atoms with van der Waals surface area (Å²) < 4.78 is 54.2. The Morgan fingerprint density at radius 2 is 1.51 bits per heavy atom. The Morgan fingerprint density at radius 1 is 0.867 bits per heavy atom. The van der Waals surface area contributed by atoms with E-state index >= 15 is 0 Å². The van der Waals surface area contributed by atoms with E-state index in [0.717, 1.165) is 56.5 Å². The van der Waals surface area contributed by atoms with Crippen LogP contribution in [0.2, 0.25) is 0 Å². The highest BCUT2D eigenvalue weighted by Gasteiger charge is 2.51. The van der Waals surface area contributed by atoms with Crippen LogP contribution < -0.4 is 9.47 Å². The zero-order valence-electron chi connectivity index (χ0n) is 25.5. The summed E-state index contributed by atoms with van der Waals surface area (Å²) >= 11 is 3.47. The summed E-state index contributed by atoms with van der Waals surface area (Å²) in [4.78, 5) is 15.8. The van der Waals surface area contributed by atoms with E-state index in [1.807, 2.05) is 79.7 Å². The number of carbonyl (C=O) groups is 1. The van der Waals surface area contributed by atoms with Gasteiger partial charge < -0.3 is 14.4 Å². The Bertz CT molecular complexity index is 1570. The molecule has 0 radical (unpaired) electrons. The molecule has 4 aromatic carbocycles. The number of aryl methyl sites for hydroxylation is 1. The van der Waals surface area contributed by atoms with Gasteiger partial charge in [-0.25, -0.2) is 0 Å². The molecular formula is C37H37BrF3NO3. The van der Waals surface area contributed by atoms with E-state index in [9.17, 15) is 18.0 Å². The summed E-state index contributed by atoms with van der Waals surface area (Å²) in [6.45, 7) is 0.692. The number of unbranched alkanes of at least 4 members (excludes halogenated alkanes) is 2. The summed E-state index contributed by atoms with van der Waals surface area (Å²) in [6, 6.07) is 28.2. The minimum Gasteiger partial charge on any atom is -0.496 e. The molecule has 0 bridgehead atoms. The number of amides is 1. The van der Waals surface area contributed by atoms with Gasteiger partial charge in [-0.15, -0.1) is 0 Å². The molecule has 0 heterocycles. The highest BCUT2D eigenvalue weighted by atomic mass is 79.9. The molecule has 8 heteroatoms. The molecule has 236 valence electrons. The summed E-state index contributed by atoms with van der Waals surface area (Å²) in [6.07, 6.45) is -1.74. The highest BCUT2D eigenvalue weighted by molar-refractivity contribution is 9.09. The molecule has 0 unspecified atom stereocenters. The zero-order valence-corrected chi connectivity index (χ0v) is 27.1. The van der Waals surface area contributed by atoms with Crippen molar-refractivity contribution in [2.75, 3.05) is 19.0 Å². The van der Waals surface area contributed by atoms with Gasteiger partial charge in [-0.1, -0.05) is 107 Å². The molecule has 0 aromatic heterocycles. The van der Waals surface area contributed by atoms with Crippen molar-refractivity contribution in [1.82, 2.24) is 4.90 Å². The van der Waals surface area contributed by atoms with Crippen molar-refractivity contribution >= 4 is 21.8 Å². The molecule has 45 heavy (non-hydrogen) atoms. The molecule has 0 N–H and O–H groups in total. The first kappa shape index (κ1) is 32.6. The van der Waals surface area contributed by atoms with Gasteiger partial charge >= 0.3 is 6.18 Å². The SMILES string of the molecule is COc1cc(OCc2ccc(C)cc2)ccc1CN(CC(F)(F)F)C(=O)C1(CCCCCBr)c2ccccc2-c2ccccc21. The van der Waals surface area contributed by atoms with Crippen molar-refractivity contribution in [3.05, 3.63) is 119 Å². The second kappa shape index (κ2) is 14.1. The summed E-state index contributed by atoms with van der Waals surface area (Å²) in [5.74, 6) is 0.319. The second-order valence-electron chi connectivity index (χ2n) is 11.5. The van der Waals surface area contributed by atoms with Crippen molar-refractivity contribution in [3.63, 3.8) is 0 Å². The Balaban J connectivity index is 1.50. The lowest BCUT2D eigenvalue weighted by Gasteiger charge is -2.37. The molecular weight excluding hydrogens is 643 g/mol. The molecule has 0 spiro atoms. The number of rotatable bonds is 13. The highest BCUT2D eigenvalue weighted by Crippen LogP contribution is 2.52. The predicted octanol–water partition coefficient (Wildman–Crippen LogP) is 9.40. The molecule has 0 saturated carbocycles. The first-order valence-corrected chi connectivity index (χ1v) is 16.2. The number of methoxy groups -OCH3 is 1. The summed E-state index contributed by atoms with van der Waals surface area (Å²) in [5, 5.41) is 0.825. The van der Waals surface area contributed by atoms with Crippen LogP contribution in [0.3, 0.4) is 0 Å². The minimum absolute atomic E-state index is 0.271. The van der Waals surface area contributed by atoms with Crippen LogP contribution in [0.1, 0.15) is 53.5 Å². The van der Waals surface area contributed by atoms with Crippen LogP contribution in [0.15, 0.2) is 91.0 Å². The Kier molecular flexibility index (Phi) is 10.2. The first-order chi connectivity index (χ1) is 21.7. The van der Waals surface area contributed by atoms with Gasteiger partial charge in [-0.2, -0.15) is 13.2 Å². The van der Waals surface area contributed by atoms with Crippen LogP contribution in [-0.4, -0.2) is 36.0 Å². The van der Waals surface area contributed by atoms with Crippen molar-refractivity contribution in [2.24, 2.45) is 0 Å². The fraction of sp³-hybridized carbons (Fsp3) is 0.324. The molecule has 0 atom stereocenters. The summed E-state index contributed by atoms with van der Waals surface area (Å²) in [5.41, 5.74) is 4.66. The fourth-order valence-electron chi connectivity index (χ4n) is 6.28. The number of halogens is 4. The monoisotopic (exact) mass is 679 g/mol. The fourth-order valence-corrected chi connectivity index (χ4v) is 6.68. The van der Waals surface area contributed by atoms with E-state index in [0.29, 0.717) is 36.5 Å². The van der Waals surface area contributed by atoms with Crippen molar-refractivity contribution in [2.45, 2.75) is 57.3 Å². The van der Waals surface area contributed by atoms with Gasteiger partial charge in [-0.05, 0) is 59.7 Å². The van der Waals surface area contributed by atoms with E-state index in [-0.39, 0.29) is 6.54 Å². The number of hydrogen-bond acceptors (Lipinski definition) is 3. The molecule has 1 aliphatic rings. The maximum atomic E-state index is 14.8. The van der Waals surface area contributed by atoms with E-state index < -0.39 is 24.0 Å². The Hall–Kier alpha value is -3.78. The van der Waals surface area contributed by atoms with Gasteiger partial charge in [0.15, 0.2) is 0 Å². The van der Waals surface area contributed by atoms with Crippen LogP contribution in [0.25, 0.3) is 11.1 Å². The maximum absolute atomic E-state index is 14.8. The molecule has 0 fully saturated rings. The summed E-state index contributed by atoms with van der Waals surface area (Å²) in [7, 11) is 1.47. The molecule has 1 aliphatic carbocycles. The molecule has 5 rings (SSSR count). The van der Waals surface area contributed by atoms with Crippen LogP contribution in [0, 0.1) is 6.92 Å². The van der Waals surface area contributed by atoms with Crippen LogP contribution >= 0.6 is 15.9 Å². The van der Waals surface area contributed by atoms with Gasteiger partial charge in [0, 0.05) is 23.5 Å². The van der Waals surface area contributed by atoms with Crippen molar-refractivity contribution in [1.29, 1.82) is 0 Å². The van der Waals surface area contributed by atoms with E-state index in [2.05, 4.69) is 15.9 Å². The minimum atomic E-state index is -4.60. The lowest BCUT2D eigenvalue weighted by molar-refractivity contribution is -0.165. The number of ether oxygens (including phenoxy) is 2. The number of alkyl halides is 4. The van der Waals surface area contributed by atoms with Crippen LogP contribution in [-0.2, 0) is 23.4 Å². The Labute approximate surface area is 271 Å². The number of nitrogens with zero attached hydrogens (tertiary/aromatic N) is 1. The molecule has 4 nitrogen and oxygen atoms in total. The Morgan fingerprint density at radius 3 is 2.11 bits per heavy atom. The average molecular weight is 681 g/mol. The van der Waals surface area contributed by atoms with Crippen molar-refractivity contribution in [3.8, 4) is 22.6 Å². The van der Waals surface area contributed by atoms with E-state index in [4.69, 9.17) is 9.47 Å². The molecule has 0 aliphatic heterocycles. The number of hydrogen-bond donors (Lipinski definition) is 0. The smallest absolute Gasteiger partial charge is 0.406 e. The first-order valence-electron chi connectivity index (χ1n) is 15.1. The average Bonchev–Trinajstić information content (AvgIpc) is 3.32. The predicted molar refractivity (Wildman–Crippen MR) is 175 cm³/mol. The molecule has 0 saturated heterocycles. The van der Waals surface area contributed by atoms with Gasteiger partial charge in [0.2, 0.25) is 5.91 Å². The van der Waals surface area contributed by atoms with Crippen LogP contribution in [0.5, 0.6) is 11.5 Å². The number of carbonyl (C=O) groups excluding carboxylic acids is 1. The van der Waals surface area contributed by atoms with Gasteiger partial charge in [0.25, 0.3) is 0 Å². The largest absolute Gasteiger partial charge is 0.496 e. The molecule has 4 aromatic rings. The standard InChI is InChI=1S/C37H37BrF3NO3/c1-26-14-16-27(17-15-26)24-45-29-19-18-28(34(22-29)44-2)23-42(25-37(39,40)41)35(43)36(20-8-3-9-21-38)32-12-6-4-10-30(32)31-11-5-7-13-33(31)36/h4-7,10-19,22H,3,8-9,20-21,23-25H2,1-2H3. The second-order valence-corrected chi connectivity index (χ2v) is 12.3. The quantitative estimate of drug-likeness (QED) is 0.104. The lowest BCUT2D eigenvalue weighted by Crippen LogP contribution is -2.49. The van der Waals surface area contributed by atoms with E-state index in [1.54, 1.807) is 18.2 Å². The lowest BCUT2D eigenvalue weighted by atomic mass is 9.72.